The number of carbonyl (C=O) groups is 1. The third-order valence-electron chi connectivity index (χ3n) is 4.49. The van der Waals surface area contributed by atoms with Crippen LogP contribution in [0.1, 0.15) is 79.6 Å². The van der Waals surface area contributed by atoms with Gasteiger partial charge in [0.05, 0.1) is 12.0 Å². The molecular weight excluding hydrogens is 248 g/mol. The Labute approximate surface area is 126 Å². The van der Waals surface area contributed by atoms with Crippen molar-refractivity contribution in [3.63, 3.8) is 0 Å². The monoisotopic (exact) mass is 284 g/mol. The molecule has 0 spiro atoms. The summed E-state index contributed by atoms with van der Waals surface area (Å²) in [6, 6.07) is 0. The van der Waals surface area contributed by atoms with E-state index in [1.807, 2.05) is 0 Å². The first kappa shape index (κ1) is 19.6. The van der Waals surface area contributed by atoms with Gasteiger partial charge in [-0.15, -0.1) is 0 Å². The minimum Gasteiger partial charge on any atom is -0.384 e. The third kappa shape index (κ3) is 6.39. The van der Waals surface area contributed by atoms with E-state index in [1.54, 1.807) is 7.11 Å². The number of ether oxygens (including phenoxy) is 1. The van der Waals surface area contributed by atoms with Crippen LogP contribution in [0.15, 0.2) is 0 Å². The van der Waals surface area contributed by atoms with Gasteiger partial charge < -0.3 is 4.74 Å². The smallest absolute Gasteiger partial charge is 0.141 e. The second-order valence-electron chi connectivity index (χ2n) is 6.91. The summed E-state index contributed by atoms with van der Waals surface area (Å²) in [6.07, 6.45) is 7.44. The highest BCUT2D eigenvalue weighted by Crippen LogP contribution is 2.37. The lowest BCUT2D eigenvalue weighted by atomic mass is 9.69. The van der Waals surface area contributed by atoms with Crippen molar-refractivity contribution in [3.05, 3.63) is 0 Å². The molecule has 0 aromatic carbocycles. The van der Waals surface area contributed by atoms with Crippen LogP contribution in [0.25, 0.3) is 0 Å². The molecule has 0 N–H and O–H groups in total. The van der Waals surface area contributed by atoms with Gasteiger partial charge in [-0.3, -0.25) is 4.79 Å². The molecule has 0 aliphatic rings. The highest BCUT2D eigenvalue weighted by atomic mass is 16.5. The second-order valence-corrected chi connectivity index (χ2v) is 6.91. The predicted octanol–water partition coefficient (Wildman–Crippen LogP) is 5.25. The molecule has 0 saturated carbocycles. The Morgan fingerprint density at radius 3 is 2.20 bits per heavy atom. The summed E-state index contributed by atoms with van der Waals surface area (Å²) in [7, 11) is 1.72. The van der Waals surface area contributed by atoms with Gasteiger partial charge in [-0.1, -0.05) is 53.9 Å². The first-order chi connectivity index (χ1) is 9.40. The van der Waals surface area contributed by atoms with Crippen molar-refractivity contribution < 1.29 is 9.53 Å². The van der Waals surface area contributed by atoms with Crippen LogP contribution >= 0.6 is 0 Å². The maximum atomic E-state index is 12.8. The maximum Gasteiger partial charge on any atom is 0.141 e. The van der Waals surface area contributed by atoms with Crippen LogP contribution in [0.3, 0.4) is 0 Å². The summed E-state index contributed by atoms with van der Waals surface area (Å²) < 4.78 is 5.43. The average Bonchev–Trinajstić information content (AvgIpc) is 2.38. The normalized spacial score (nSPS) is 14.8. The fourth-order valence-corrected chi connectivity index (χ4v) is 2.83. The number of ketones is 1. The zero-order chi connectivity index (χ0) is 15.6. The lowest BCUT2D eigenvalue weighted by Gasteiger charge is -2.36. The van der Waals surface area contributed by atoms with Crippen LogP contribution in [-0.2, 0) is 9.53 Å². The van der Waals surface area contributed by atoms with E-state index in [2.05, 4.69) is 34.6 Å². The number of Topliss-reactive ketones (excluding diaryl/α,β-unsaturated/α-hetero) is 1. The molecule has 2 nitrogen and oxygen atoms in total. The van der Waals surface area contributed by atoms with E-state index in [1.165, 1.54) is 19.3 Å². The largest absolute Gasteiger partial charge is 0.384 e. The van der Waals surface area contributed by atoms with Crippen molar-refractivity contribution in [3.8, 4) is 0 Å². The van der Waals surface area contributed by atoms with Crippen molar-refractivity contribution in [2.45, 2.75) is 79.6 Å². The van der Waals surface area contributed by atoms with Gasteiger partial charge in [-0.2, -0.15) is 0 Å². The van der Waals surface area contributed by atoms with Crippen molar-refractivity contribution in [1.29, 1.82) is 0 Å². The minimum absolute atomic E-state index is 0.273. The Hall–Kier alpha value is -0.370. The standard InChI is InChI=1S/C18H36O2/c1-7-8-9-10-11-17(19)18(14-20-6,16(4)5)13-12-15(2)3/h15-16H,7-14H2,1-6H3. The van der Waals surface area contributed by atoms with E-state index in [-0.39, 0.29) is 5.41 Å². The lowest BCUT2D eigenvalue weighted by molar-refractivity contribution is -0.136. The molecule has 0 bridgehead atoms. The number of hydrogen-bond acceptors (Lipinski definition) is 2. The number of carbonyl (C=O) groups excluding carboxylic acids is 1. The minimum atomic E-state index is -0.273. The van der Waals surface area contributed by atoms with Gasteiger partial charge in [-0.05, 0) is 31.1 Å². The molecule has 0 amide bonds. The summed E-state index contributed by atoms with van der Waals surface area (Å²) in [5.41, 5.74) is -0.273. The molecule has 0 aromatic rings. The molecule has 120 valence electrons. The van der Waals surface area contributed by atoms with Gasteiger partial charge in [0, 0.05) is 13.5 Å². The van der Waals surface area contributed by atoms with Crippen molar-refractivity contribution in [1.82, 2.24) is 0 Å². The highest BCUT2D eigenvalue weighted by molar-refractivity contribution is 5.85. The van der Waals surface area contributed by atoms with E-state index in [0.717, 1.165) is 25.7 Å². The average molecular weight is 284 g/mol. The zero-order valence-electron chi connectivity index (χ0n) is 14.6. The molecule has 0 aliphatic heterocycles. The molecule has 0 aliphatic carbocycles. The van der Waals surface area contributed by atoms with Crippen LogP contribution in [0.2, 0.25) is 0 Å². The number of hydrogen-bond donors (Lipinski definition) is 0. The molecule has 0 rings (SSSR count). The Balaban J connectivity index is 4.73. The summed E-state index contributed by atoms with van der Waals surface area (Å²) in [4.78, 5) is 12.8. The molecule has 0 fully saturated rings. The lowest BCUT2D eigenvalue weighted by Crippen LogP contribution is -2.41. The third-order valence-corrected chi connectivity index (χ3v) is 4.49. The molecule has 0 saturated heterocycles. The predicted molar refractivity (Wildman–Crippen MR) is 87.0 cm³/mol. The Morgan fingerprint density at radius 1 is 1.10 bits per heavy atom. The number of unbranched alkanes of at least 4 members (excludes halogenated alkanes) is 3. The molecule has 1 unspecified atom stereocenters. The van der Waals surface area contributed by atoms with Gasteiger partial charge in [0.15, 0.2) is 0 Å². The molecule has 0 radical (unpaired) electrons. The van der Waals surface area contributed by atoms with Crippen LogP contribution in [0.4, 0.5) is 0 Å². The van der Waals surface area contributed by atoms with Gasteiger partial charge in [0.1, 0.15) is 5.78 Å². The van der Waals surface area contributed by atoms with E-state index in [9.17, 15) is 4.79 Å². The van der Waals surface area contributed by atoms with E-state index >= 15 is 0 Å². The van der Waals surface area contributed by atoms with Crippen LogP contribution in [-0.4, -0.2) is 19.5 Å². The number of rotatable bonds is 12. The fraction of sp³-hybridized carbons (Fsp3) is 0.944. The van der Waals surface area contributed by atoms with E-state index < -0.39 is 0 Å². The quantitative estimate of drug-likeness (QED) is 0.457. The van der Waals surface area contributed by atoms with Gasteiger partial charge in [0.2, 0.25) is 0 Å². The van der Waals surface area contributed by atoms with Crippen LogP contribution < -0.4 is 0 Å². The Bertz CT molecular complexity index is 258. The molecule has 0 heterocycles. The van der Waals surface area contributed by atoms with Crippen molar-refractivity contribution >= 4 is 5.78 Å². The molecular formula is C18H36O2. The highest BCUT2D eigenvalue weighted by Gasteiger charge is 2.40. The summed E-state index contributed by atoms with van der Waals surface area (Å²) in [5.74, 6) is 1.41. The summed E-state index contributed by atoms with van der Waals surface area (Å²) >= 11 is 0. The SMILES string of the molecule is CCCCCCC(=O)C(CCC(C)C)(COC)C(C)C. The summed E-state index contributed by atoms with van der Waals surface area (Å²) in [5, 5.41) is 0. The van der Waals surface area contributed by atoms with Gasteiger partial charge in [-0.25, -0.2) is 0 Å². The zero-order valence-corrected chi connectivity index (χ0v) is 14.6. The second kappa shape index (κ2) is 10.4. The Morgan fingerprint density at radius 2 is 1.75 bits per heavy atom. The van der Waals surface area contributed by atoms with Crippen molar-refractivity contribution in [2.24, 2.45) is 17.3 Å². The molecule has 20 heavy (non-hydrogen) atoms. The van der Waals surface area contributed by atoms with Crippen LogP contribution in [0.5, 0.6) is 0 Å². The summed E-state index contributed by atoms with van der Waals surface area (Å²) in [6.45, 7) is 11.6. The van der Waals surface area contributed by atoms with E-state index in [0.29, 0.717) is 24.2 Å². The Kier molecular flexibility index (Phi) is 10.2. The van der Waals surface area contributed by atoms with E-state index in [4.69, 9.17) is 4.74 Å². The number of methoxy groups -OCH3 is 1. The fourth-order valence-electron chi connectivity index (χ4n) is 2.83. The van der Waals surface area contributed by atoms with Crippen molar-refractivity contribution in [2.75, 3.05) is 13.7 Å². The molecule has 0 aromatic heterocycles. The van der Waals surface area contributed by atoms with Crippen LogP contribution in [0, 0.1) is 17.3 Å². The first-order valence-electron chi connectivity index (χ1n) is 8.43. The topological polar surface area (TPSA) is 26.3 Å². The molecule has 1 atom stereocenters. The van der Waals surface area contributed by atoms with Gasteiger partial charge >= 0.3 is 0 Å². The van der Waals surface area contributed by atoms with Gasteiger partial charge in [0.25, 0.3) is 0 Å². The first-order valence-corrected chi connectivity index (χ1v) is 8.43. The maximum absolute atomic E-state index is 12.8. The molecule has 2 heteroatoms.